The summed E-state index contributed by atoms with van der Waals surface area (Å²) in [7, 11) is 0. The van der Waals surface area contributed by atoms with Gasteiger partial charge in [0.15, 0.2) is 0 Å². The standard InChI is InChI=1S/C56H73N13O14/c1-32(70)47(54(80)67-43(26-35-18-9-4-10-19-35)55(81)69-23-13-21-44(69)56(82)83)68-53(79)41(27-36-30-60-31-61-36)65-51(77)40(25-34-16-7-3-8-17-34)64-49(75)38(20-11-12-22-57)62-52(78)42(29-45(59)71)66-50(76)39(24-33-14-5-2-6-15-33)63-48(74)37(58)28-46(72)73/h2-10,14-19,30-32,37-44,47,70H,11-13,20-29,57-58H2,1H3,(H2,59,71)(H,60,61)(H,62,78)(H,63,74)(H,64,75)(H,65,77)(H,66,76)(H,67,80)(H,68,79)(H,72,73)(H,82,83)/t32-,37+,38+,39+,40+,41+,42+,43+,44+,47+/m1/s1. The minimum atomic E-state index is -1.76. The van der Waals surface area contributed by atoms with Gasteiger partial charge in [-0.3, -0.25) is 47.9 Å². The van der Waals surface area contributed by atoms with Gasteiger partial charge in [-0.1, -0.05) is 91.0 Å². The molecule has 446 valence electrons. The van der Waals surface area contributed by atoms with Crippen molar-refractivity contribution >= 4 is 65.1 Å². The molecule has 1 aliphatic heterocycles. The number of benzene rings is 3. The Morgan fingerprint density at radius 1 is 0.602 bits per heavy atom. The molecule has 0 bridgehead atoms. The number of nitrogens with one attached hydrogen (secondary N) is 8. The van der Waals surface area contributed by atoms with Gasteiger partial charge in [-0.25, -0.2) is 9.78 Å². The molecular formula is C56H73N13O14. The van der Waals surface area contributed by atoms with Crippen LogP contribution < -0.4 is 54.4 Å². The fourth-order valence-corrected chi connectivity index (χ4v) is 9.22. The van der Waals surface area contributed by atoms with E-state index in [2.05, 4.69) is 47.2 Å². The van der Waals surface area contributed by atoms with Gasteiger partial charge in [0, 0.05) is 38.4 Å². The van der Waals surface area contributed by atoms with E-state index in [1.807, 2.05) is 0 Å². The number of nitrogens with zero attached hydrogens (tertiary/aromatic N) is 2. The van der Waals surface area contributed by atoms with Gasteiger partial charge < -0.3 is 79.6 Å². The molecule has 0 saturated carbocycles. The number of carboxylic acids is 2. The maximum Gasteiger partial charge on any atom is 0.326 e. The molecule has 0 spiro atoms. The molecule has 1 fully saturated rings. The van der Waals surface area contributed by atoms with Crippen LogP contribution in [-0.4, -0.2) is 169 Å². The van der Waals surface area contributed by atoms with Crippen molar-refractivity contribution in [1.29, 1.82) is 0 Å². The van der Waals surface area contributed by atoms with E-state index in [0.717, 1.165) is 0 Å². The Morgan fingerprint density at radius 3 is 1.54 bits per heavy atom. The number of imidazole rings is 1. The van der Waals surface area contributed by atoms with E-state index in [4.69, 9.17) is 17.2 Å². The number of aromatic nitrogens is 2. The fourth-order valence-electron chi connectivity index (χ4n) is 9.22. The van der Waals surface area contributed by atoms with E-state index in [1.165, 1.54) is 24.3 Å². The average molecular weight is 1150 g/mol. The lowest BCUT2D eigenvalue weighted by atomic mass is 10.0. The predicted octanol–water partition coefficient (Wildman–Crippen LogP) is -2.66. The number of carbonyl (C=O) groups excluding carboxylic acids is 9. The van der Waals surface area contributed by atoms with Crippen LogP contribution in [0.25, 0.3) is 0 Å². The topological polar surface area (TPSA) is 443 Å². The Bertz CT molecular complexity index is 2850. The van der Waals surface area contributed by atoms with E-state index < -0.39 is 138 Å². The second-order valence-corrected chi connectivity index (χ2v) is 20.1. The number of unbranched alkanes of at least 4 members (excludes halogenated alkanes) is 1. The zero-order chi connectivity index (χ0) is 60.6. The SMILES string of the molecule is C[C@@H](O)[C@H](NC(=O)[C@H](Cc1c[nH]cn1)NC(=O)[C@H](Cc1ccccc1)NC(=O)[C@H](CCCCN)NC(=O)[C@H](CC(N)=O)NC(=O)[C@H](Cc1ccccc1)NC(=O)[C@@H](N)CC(=O)O)C(=O)N[C@@H](Cc1ccccc1)C(=O)N1CCC[C@H]1C(=O)O. The Morgan fingerprint density at radius 2 is 1.06 bits per heavy atom. The van der Waals surface area contributed by atoms with E-state index >= 15 is 0 Å². The molecule has 27 nitrogen and oxygen atoms in total. The molecule has 10 atom stereocenters. The number of hydrogen-bond acceptors (Lipinski definition) is 15. The van der Waals surface area contributed by atoms with Crippen molar-refractivity contribution in [2.75, 3.05) is 13.1 Å². The monoisotopic (exact) mass is 1150 g/mol. The number of likely N-dealkylation sites (tertiary alicyclic amines) is 1. The van der Waals surface area contributed by atoms with Gasteiger partial charge in [-0.05, 0) is 62.3 Å². The molecule has 27 heteroatoms. The number of rotatable bonds is 33. The number of H-pyrrole nitrogens is 1. The Labute approximate surface area is 478 Å². The Balaban J connectivity index is 1.40. The predicted molar refractivity (Wildman–Crippen MR) is 297 cm³/mol. The summed E-state index contributed by atoms with van der Waals surface area (Å²) < 4.78 is 0. The van der Waals surface area contributed by atoms with Crippen LogP contribution in [0.5, 0.6) is 0 Å². The molecule has 5 rings (SSSR count). The third-order valence-electron chi connectivity index (χ3n) is 13.6. The molecular weight excluding hydrogens is 1080 g/mol. The van der Waals surface area contributed by atoms with Gasteiger partial charge in [0.25, 0.3) is 0 Å². The van der Waals surface area contributed by atoms with Gasteiger partial charge in [-0.15, -0.1) is 0 Å². The maximum atomic E-state index is 14.7. The summed E-state index contributed by atoms with van der Waals surface area (Å²) in [6.45, 7) is 1.51. The van der Waals surface area contributed by atoms with Gasteiger partial charge in [0.2, 0.25) is 53.2 Å². The van der Waals surface area contributed by atoms with Crippen molar-refractivity contribution < 1.29 is 68.1 Å². The second kappa shape index (κ2) is 32.4. The first-order valence-electron chi connectivity index (χ1n) is 27.0. The lowest BCUT2D eigenvalue weighted by molar-refractivity contribution is -0.149. The number of aliphatic hydroxyl groups is 1. The lowest BCUT2D eigenvalue weighted by Gasteiger charge is -2.30. The Kier molecular flexibility index (Phi) is 25.3. The van der Waals surface area contributed by atoms with Crippen LogP contribution in [0.3, 0.4) is 0 Å². The van der Waals surface area contributed by atoms with Crippen LogP contribution in [0, 0.1) is 0 Å². The molecule has 0 aliphatic carbocycles. The summed E-state index contributed by atoms with van der Waals surface area (Å²) in [4.78, 5) is 157. The third-order valence-corrected chi connectivity index (χ3v) is 13.6. The second-order valence-electron chi connectivity index (χ2n) is 20.1. The highest BCUT2D eigenvalue weighted by Gasteiger charge is 2.40. The molecule has 1 aliphatic rings. The summed E-state index contributed by atoms with van der Waals surface area (Å²) in [5.74, 6) is -11.3. The number of carbonyl (C=O) groups is 11. The summed E-state index contributed by atoms with van der Waals surface area (Å²) in [5, 5.41) is 47.9. The van der Waals surface area contributed by atoms with Crippen molar-refractivity contribution in [1.82, 2.24) is 52.1 Å². The van der Waals surface area contributed by atoms with E-state index in [9.17, 15) is 68.1 Å². The van der Waals surface area contributed by atoms with Gasteiger partial charge in [0.05, 0.1) is 37.0 Å². The molecule has 0 unspecified atom stereocenters. The summed E-state index contributed by atoms with van der Waals surface area (Å²) >= 11 is 0. The highest BCUT2D eigenvalue weighted by atomic mass is 16.4. The van der Waals surface area contributed by atoms with Crippen LogP contribution in [0.15, 0.2) is 104 Å². The van der Waals surface area contributed by atoms with Crippen molar-refractivity contribution in [3.05, 3.63) is 126 Å². The highest BCUT2D eigenvalue weighted by molar-refractivity contribution is 5.99. The molecule has 1 saturated heterocycles. The summed E-state index contributed by atoms with van der Waals surface area (Å²) in [6.07, 6.45) is -0.0542. The van der Waals surface area contributed by atoms with E-state index in [-0.39, 0.29) is 63.7 Å². The van der Waals surface area contributed by atoms with Crippen molar-refractivity contribution in [2.45, 2.75) is 138 Å². The van der Waals surface area contributed by atoms with E-state index in [0.29, 0.717) is 29.5 Å². The van der Waals surface area contributed by atoms with Gasteiger partial charge in [0.1, 0.15) is 48.3 Å². The van der Waals surface area contributed by atoms with Gasteiger partial charge in [-0.2, -0.15) is 0 Å². The number of aliphatic hydroxyl groups excluding tert-OH is 1. The molecule has 17 N–H and O–H groups in total. The number of hydrogen-bond donors (Lipinski definition) is 14. The molecule has 0 radical (unpaired) electrons. The normalized spacial score (nSPS) is 16.1. The molecule has 4 aromatic rings. The molecule has 83 heavy (non-hydrogen) atoms. The van der Waals surface area contributed by atoms with E-state index in [1.54, 1.807) is 91.0 Å². The minimum absolute atomic E-state index is 0.0750. The zero-order valence-electron chi connectivity index (χ0n) is 45.7. The maximum absolute atomic E-state index is 14.7. The number of nitrogens with two attached hydrogens (primary N) is 3. The number of amides is 9. The van der Waals surface area contributed by atoms with Crippen LogP contribution >= 0.6 is 0 Å². The number of primary amides is 1. The number of aliphatic carboxylic acids is 2. The van der Waals surface area contributed by atoms with Crippen molar-refractivity contribution in [3.8, 4) is 0 Å². The summed E-state index contributed by atoms with van der Waals surface area (Å²) in [6, 6.07) is 11.7. The Hall–Kier alpha value is -9.08. The largest absolute Gasteiger partial charge is 0.481 e. The minimum Gasteiger partial charge on any atom is -0.481 e. The van der Waals surface area contributed by atoms with Crippen LogP contribution in [0.4, 0.5) is 0 Å². The molecule has 3 aromatic carbocycles. The van der Waals surface area contributed by atoms with Crippen LogP contribution in [-0.2, 0) is 78.4 Å². The lowest BCUT2D eigenvalue weighted by Crippen LogP contribution is -2.62. The number of aromatic amines is 1. The third kappa shape index (κ3) is 20.8. The molecule has 9 amide bonds. The van der Waals surface area contributed by atoms with Gasteiger partial charge >= 0.3 is 11.9 Å². The van der Waals surface area contributed by atoms with Crippen molar-refractivity contribution in [2.24, 2.45) is 17.2 Å². The smallest absolute Gasteiger partial charge is 0.326 e. The number of carboxylic acid groups (broad SMARTS) is 2. The average Bonchev–Trinajstić information content (AvgIpc) is 4.40. The first-order chi connectivity index (χ1) is 39.6. The van der Waals surface area contributed by atoms with Crippen LogP contribution in [0.2, 0.25) is 0 Å². The zero-order valence-corrected chi connectivity index (χ0v) is 45.7. The first-order valence-corrected chi connectivity index (χ1v) is 27.0. The van der Waals surface area contributed by atoms with Crippen LogP contribution in [0.1, 0.15) is 74.3 Å². The molecule has 1 aromatic heterocycles. The fraction of sp³-hybridized carbons (Fsp3) is 0.429. The highest BCUT2D eigenvalue weighted by Crippen LogP contribution is 2.20. The van der Waals surface area contributed by atoms with Crippen molar-refractivity contribution in [3.63, 3.8) is 0 Å². The summed E-state index contributed by atoms with van der Waals surface area (Å²) in [5.41, 5.74) is 19.0. The quantitative estimate of drug-likeness (QED) is 0.0217. The molecule has 2 heterocycles. The first kappa shape index (κ1) is 64.7.